The van der Waals surface area contributed by atoms with Crippen molar-refractivity contribution in [1.29, 1.82) is 0 Å². The largest absolute Gasteiger partial charge is 0.396 e. The van der Waals surface area contributed by atoms with Crippen molar-refractivity contribution in [2.45, 2.75) is 31.7 Å². The molecule has 3 rings (SSSR count). The molecule has 1 fully saturated rings. The topological polar surface area (TPSA) is 88.3 Å². The van der Waals surface area contributed by atoms with Gasteiger partial charge in [-0.2, -0.15) is 0 Å². The van der Waals surface area contributed by atoms with Crippen LogP contribution in [0, 0.1) is 16.0 Å². The number of aliphatic hydroxyl groups is 1. The molecule has 2 heterocycles. The summed E-state index contributed by atoms with van der Waals surface area (Å²) in [7, 11) is 0. The number of nitro groups is 1. The van der Waals surface area contributed by atoms with E-state index < -0.39 is 0 Å². The van der Waals surface area contributed by atoms with Crippen LogP contribution in [0.2, 0.25) is 0 Å². The molecule has 7 heteroatoms. The number of nitrogens with one attached hydrogen (secondary N) is 1. The minimum Gasteiger partial charge on any atom is -0.396 e. The van der Waals surface area contributed by atoms with Gasteiger partial charge in [0, 0.05) is 12.6 Å². The first-order valence-electron chi connectivity index (χ1n) is 7.07. The number of nitrogens with zero attached hydrogens (tertiary/aromatic N) is 2. The molecule has 0 bridgehead atoms. The van der Waals surface area contributed by atoms with Crippen LogP contribution in [0.3, 0.4) is 0 Å². The van der Waals surface area contributed by atoms with Crippen molar-refractivity contribution in [3.8, 4) is 0 Å². The van der Waals surface area contributed by atoms with Crippen LogP contribution in [0.15, 0.2) is 17.6 Å². The van der Waals surface area contributed by atoms with Gasteiger partial charge in [-0.25, -0.2) is 4.98 Å². The Morgan fingerprint density at radius 1 is 1.43 bits per heavy atom. The Hall–Kier alpha value is -1.73. The molecule has 1 saturated carbocycles. The van der Waals surface area contributed by atoms with Gasteiger partial charge in [-0.05, 0) is 43.0 Å². The quantitative estimate of drug-likeness (QED) is 0.669. The standard InChI is InChI=1S/C14H17N3O3S/c18-8-9-1-3-10(4-2-9)16-13-12(17(19)20)7-15-11-5-6-21-14(11)13/h5-7,9-10,18H,1-4,8H2,(H,15,16). The third kappa shape index (κ3) is 2.84. The molecule has 0 spiro atoms. The molecule has 1 aliphatic carbocycles. The Morgan fingerprint density at radius 2 is 2.19 bits per heavy atom. The first kappa shape index (κ1) is 14.2. The summed E-state index contributed by atoms with van der Waals surface area (Å²) < 4.78 is 0.841. The van der Waals surface area contributed by atoms with Crippen LogP contribution in [0.1, 0.15) is 25.7 Å². The molecule has 112 valence electrons. The number of rotatable bonds is 4. The highest BCUT2D eigenvalue weighted by molar-refractivity contribution is 7.17. The molecule has 2 aromatic heterocycles. The Bertz CT molecular complexity index is 650. The maximum atomic E-state index is 11.2. The summed E-state index contributed by atoms with van der Waals surface area (Å²) in [5.74, 6) is 0.372. The van der Waals surface area contributed by atoms with Gasteiger partial charge in [-0.1, -0.05) is 0 Å². The summed E-state index contributed by atoms with van der Waals surface area (Å²) in [6.07, 6.45) is 5.10. The van der Waals surface area contributed by atoms with Crippen LogP contribution in [0.25, 0.3) is 10.2 Å². The lowest BCUT2D eigenvalue weighted by atomic mass is 9.86. The van der Waals surface area contributed by atoms with Crippen molar-refractivity contribution in [2.75, 3.05) is 11.9 Å². The minimum atomic E-state index is -0.381. The molecular weight excluding hydrogens is 290 g/mol. The fraction of sp³-hybridized carbons (Fsp3) is 0.500. The van der Waals surface area contributed by atoms with Gasteiger partial charge >= 0.3 is 5.69 Å². The van der Waals surface area contributed by atoms with E-state index in [1.165, 1.54) is 17.5 Å². The Morgan fingerprint density at radius 3 is 2.86 bits per heavy atom. The summed E-state index contributed by atoms with van der Waals surface area (Å²) in [5, 5.41) is 25.7. The number of anilines is 1. The maximum absolute atomic E-state index is 11.2. The molecule has 0 aliphatic heterocycles. The number of aromatic nitrogens is 1. The van der Waals surface area contributed by atoms with Gasteiger partial charge in [-0.15, -0.1) is 11.3 Å². The second-order valence-corrected chi connectivity index (χ2v) is 6.37. The van der Waals surface area contributed by atoms with Gasteiger partial charge < -0.3 is 10.4 Å². The van der Waals surface area contributed by atoms with Crippen molar-refractivity contribution in [1.82, 2.24) is 4.98 Å². The number of hydrogen-bond donors (Lipinski definition) is 2. The average Bonchev–Trinajstić information content (AvgIpc) is 2.97. The van der Waals surface area contributed by atoms with E-state index in [1.54, 1.807) is 0 Å². The molecule has 2 N–H and O–H groups in total. The van der Waals surface area contributed by atoms with Crippen molar-refractivity contribution < 1.29 is 10.0 Å². The van der Waals surface area contributed by atoms with E-state index in [1.807, 2.05) is 11.4 Å². The van der Waals surface area contributed by atoms with Crippen molar-refractivity contribution in [3.63, 3.8) is 0 Å². The second-order valence-electron chi connectivity index (χ2n) is 5.46. The highest BCUT2D eigenvalue weighted by Crippen LogP contribution is 2.37. The fourth-order valence-electron chi connectivity index (χ4n) is 2.87. The summed E-state index contributed by atoms with van der Waals surface area (Å²) in [4.78, 5) is 15.0. The van der Waals surface area contributed by atoms with Crippen LogP contribution in [-0.2, 0) is 0 Å². The number of thiophene rings is 1. The molecule has 0 saturated heterocycles. The number of pyridine rings is 1. The summed E-state index contributed by atoms with van der Waals surface area (Å²) >= 11 is 1.47. The van der Waals surface area contributed by atoms with Crippen molar-refractivity contribution >= 4 is 32.9 Å². The molecule has 1 aliphatic rings. The molecule has 6 nitrogen and oxygen atoms in total. The summed E-state index contributed by atoms with van der Waals surface area (Å²) in [5.41, 5.74) is 1.42. The Labute approximate surface area is 126 Å². The van der Waals surface area contributed by atoms with Crippen molar-refractivity contribution in [2.24, 2.45) is 5.92 Å². The third-order valence-electron chi connectivity index (χ3n) is 4.10. The lowest BCUT2D eigenvalue weighted by Crippen LogP contribution is -2.27. The zero-order valence-corrected chi connectivity index (χ0v) is 12.3. The molecule has 21 heavy (non-hydrogen) atoms. The Balaban J connectivity index is 1.87. The van der Waals surface area contributed by atoms with Crippen LogP contribution < -0.4 is 5.32 Å². The molecule has 0 aromatic carbocycles. The monoisotopic (exact) mass is 307 g/mol. The SMILES string of the molecule is O=[N+]([O-])c1cnc2ccsc2c1NC1CCC(CO)CC1. The van der Waals surface area contributed by atoms with Gasteiger partial charge in [0.2, 0.25) is 0 Å². The van der Waals surface area contributed by atoms with Crippen LogP contribution >= 0.6 is 11.3 Å². The van der Waals surface area contributed by atoms with E-state index in [0.717, 1.165) is 35.9 Å². The predicted octanol–water partition coefficient (Wildman–Crippen LogP) is 3.17. The van der Waals surface area contributed by atoms with E-state index in [-0.39, 0.29) is 23.3 Å². The van der Waals surface area contributed by atoms with Crippen LogP contribution in [0.4, 0.5) is 11.4 Å². The molecule has 0 unspecified atom stereocenters. The van der Waals surface area contributed by atoms with Crippen LogP contribution in [0.5, 0.6) is 0 Å². The molecule has 2 aromatic rings. The zero-order valence-electron chi connectivity index (χ0n) is 11.5. The van der Waals surface area contributed by atoms with E-state index >= 15 is 0 Å². The van der Waals surface area contributed by atoms with Gasteiger partial charge in [0.25, 0.3) is 0 Å². The van der Waals surface area contributed by atoms with E-state index in [0.29, 0.717) is 11.6 Å². The average molecular weight is 307 g/mol. The lowest BCUT2D eigenvalue weighted by Gasteiger charge is -2.28. The Kier molecular flexibility index (Phi) is 4.03. The van der Waals surface area contributed by atoms with E-state index in [4.69, 9.17) is 0 Å². The van der Waals surface area contributed by atoms with Crippen LogP contribution in [-0.4, -0.2) is 27.7 Å². The highest BCUT2D eigenvalue weighted by Gasteiger charge is 2.25. The summed E-state index contributed by atoms with van der Waals surface area (Å²) in [6, 6.07) is 2.09. The summed E-state index contributed by atoms with van der Waals surface area (Å²) in [6.45, 7) is 0.233. The smallest absolute Gasteiger partial charge is 0.311 e. The van der Waals surface area contributed by atoms with Crippen molar-refractivity contribution in [3.05, 3.63) is 27.8 Å². The number of hydrogen-bond acceptors (Lipinski definition) is 6. The highest BCUT2D eigenvalue weighted by atomic mass is 32.1. The molecular formula is C14H17N3O3S. The van der Waals surface area contributed by atoms with E-state index in [2.05, 4.69) is 10.3 Å². The first-order valence-corrected chi connectivity index (χ1v) is 7.95. The van der Waals surface area contributed by atoms with Gasteiger partial charge in [0.1, 0.15) is 11.9 Å². The van der Waals surface area contributed by atoms with Gasteiger partial charge in [-0.3, -0.25) is 10.1 Å². The maximum Gasteiger partial charge on any atom is 0.311 e. The number of fused-ring (bicyclic) bond motifs is 1. The van der Waals surface area contributed by atoms with Gasteiger partial charge in [0.15, 0.2) is 0 Å². The second kappa shape index (κ2) is 5.95. The number of aliphatic hydroxyl groups excluding tert-OH is 1. The minimum absolute atomic E-state index is 0.0363. The fourth-order valence-corrected chi connectivity index (χ4v) is 3.73. The normalized spacial score (nSPS) is 22.3. The molecule has 0 atom stereocenters. The first-order chi connectivity index (χ1) is 10.2. The van der Waals surface area contributed by atoms with Gasteiger partial charge in [0.05, 0.1) is 15.1 Å². The predicted molar refractivity (Wildman–Crippen MR) is 82.7 cm³/mol. The lowest BCUT2D eigenvalue weighted by molar-refractivity contribution is -0.384. The zero-order chi connectivity index (χ0) is 14.8. The molecule has 0 radical (unpaired) electrons. The third-order valence-corrected chi connectivity index (χ3v) is 5.02. The van der Waals surface area contributed by atoms with E-state index in [9.17, 15) is 15.2 Å². The molecule has 0 amide bonds.